The number of esters is 1. The second-order valence-electron chi connectivity index (χ2n) is 6.08. The lowest BCUT2D eigenvalue weighted by molar-refractivity contribution is -0.119. The third-order valence-electron chi connectivity index (χ3n) is 4.09. The summed E-state index contributed by atoms with van der Waals surface area (Å²) in [6.07, 6.45) is 0. The maximum absolute atomic E-state index is 12.1. The van der Waals surface area contributed by atoms with Gasteiger partial charge in [-0.15, -0.1) is 0 Å². The van der Waals surface area contributed by atoms with Crippen LogP contribution in [0.1, 0.15) is 15.9 Å². The Hall–Kier alpha value is -2.70. The maximum atomic E-state index is 12.1. The summed E-state index contributed by atoms with van der Waals surface area (Å²) >= 11 is 0. The molecule has 6 heteroatoms. The minimum atomic E-state index is -0.508. The standard InChI is InChI=1S/C20H22N2O4/c23-19(21-18-4-2-1-3-5-18)15-26-20(24)17-8-6-16(7-9-17)14-22-10-12-25-13-11-22/h1-9H,10-15H2,(H,21,23). The number of carbonyl (C=O) groups excluding carboxylic acids is 2. The SMILES string of the molecule is O=C(COC(=O)c1ccc(CN2CCOCC2)cc1)Nc1ccccc1. The van der Waals surface area contributed by atoms with E-state index >= 15 is 0 Å². The molecule has 6 nitrogen and oxygen atoms in total. The molecule has 0 saturated carbocycles. The first kappa shape index (κ1) is 18.1. The molecule has 0 atom stereocenters. The van der Waals surface area contributed by atoms with Crippen molar-refractivity contribution in [1.82, 2.24) is 4.90 Å². The molecule has 0 unspecified atom stereocenters. The van der Waals surface area contributed by atoms with E-state index in [0.717, 1.165) is 38.4 Å². The van der Waals surface area contributed by atoms with E-state index in [4.69, 9.17) is 9.47 Å². The molecule has 1 saturated heterocycles. The number of benzene rings is 2. The summed E-state index contributed by atoms with van der Waals surface area (Å²) in [6, 6.07) is 16.3. The van der Waals surface area contributed by atoms with Crippen LogP contribution >= 0.6 is 0 Å². The van der Waals surface area contributed by atoms with Gasteiger partial charge < -0.3 is 14.8 Å². The highest BCUT2D eigenvalue weighted by Crippen LogP contribution is 2.10. The van der Waals surface area contributed by atoms with Crippen molar-refractivity contribution < 1.29 is 19.1 Å². The topological polar surface area (TPSA) is 67.9 Å². The fraction of sp³-hybridized carbons (Fsp3) is 0.300. The van der Waals surface area contributed by atoms with E-state index in [-0.39, 0.29) is 12.5 Å². The third-order valence-corrected chi connectivity index (χ3v) is 4.09. The van der Waals surface area contributed by atoms with E-state index < -0.39 is 5.97 Å². The number of hydrogen-bond acceptors (Lipinski definition) is 5. The Labute approximate surface area is 152 Å². The monoisotopic (exact) mass is 354 g/mol. The first-order valence-electron chi connectivity index (χ1n) is 8.62. The van der Waals surface area contributed by atoms with Gasteiger partial charge in [0.25, 0.3) is 5.91 Å². The Morgan fingerprint density at radius 2 is 1.69 bits per heavy atom. The third kappa shape index (κ3) is 5.40. The van der Waals surface area contributed by atoms with Crippen LogP contribution < -0.4 is 5.32 Å². The summed E-state index contributed by atoms with van der Waals surface area (Å²) in [4.78, 5) is 26.2. The Bertz CT molecular complexity index is 725. The average Bonchev–Trinajstić information content (AvgIpc) is 2.68. The van der Waals surface area contributed by atoms with Gasteiger partial charge in [0.1, 0.15) is 0 Å². The molecule has 136 valence electrons. The van der Waals surface area contributed by atoms with Crippen LogP contribution in [0.5, 0.6) is 0 Å². The highest BCUT2D eigenvalue weighted by Gasteiger charge is 2.13. The largest absolute Gasteiger partial charge is 0.452 e. The van der Waals surface area contributed by atoms with Gasteiger partial charge in [-0.1, -0.05) is 30.3 Å². The summed E-state index contributed by atoms with van der Waals surface area (Å²) in [7, 11) is 0. The number of nitrogens with zero attached hydrogens (tertiary/aromatic N) is 1. The molecule has 0 bridgehead atoms. The van der Waals surface area contributed by atoms with Crippen LogP contribution in [0.25, 0.3) is 0 Å². The average molecular weight is 354 g/mol. The zero-order valence-corrected chi connectivity index (χ0v) is 14.5. The van der Waals surface area contributed by atoms with Gasteiger partial charge >= 0.3 is 5.97 Å². The van der Waals surface area contributed by atoms with Crippen molar-refractivity contribution in [2.45, 2.75) is 6.54 Å². The summed E-state index contributed by atoms with van der Waals surface area (Å²) in [5.74, 6) is -0.875. The van der Waals surface area contributed by atoms with E-state index in [0.29, 0.717) is 11.3 Å². The van der Waals surface area contributed by atoms with Crippen molar-refractivity contribution in [1.29, 1.82) is 0 Å². The number of anilines is 1. The smallest absolute Gasteiger partial charge is 0.338 e. The van der Waals surface area contributed by atoms with Gasteiger partial charge in [-0.2, -0.15) is 0 Å². The zero-order chi connectivity index (χ0) is 18.2. The lowest BCUT2D eigenvalue weighted by atomic mass is 10.1. The highest BCUT2D eigenvalue weighted by atomic mass is 16.5. The van der Waals surface area contributed by atoms with Gasteiger partial charge in [0.15, 0.2) is 6.61 Å². The molecule has 0 spiro atoms. The minimum absolute atomic E-state index is 0.316. The first-order chi connectivity index (χ1) is 12.7. The summed E-state index contributed by atoms with van der Waals surface area (Å²) in [5.41, 5.74) is 2.23. The second-order valence-corrected chi connectivity index (χ2v) is 6.08. The van der Waals surface area contributed by atoms with Gasteiger partial charge in [0, 0.05) is 25.3 Å². The van der Waals surface area contributed by atoms with Crippen LogP contribution in [0.3, 0.4) is 0 Å². The minimum Gasteiger partial charge on any atom is -0.452 e. The van der Waals surface area contributed by atoms with Gasteiger partial charge in [-0.25, -0.2) is 4.79 Å². The highest BCUT2D eigenvalue weighted by molar-refractivity contribution is 5.95. The molecule has 2 aromatic rings. The summed E-state index contributed by atoms with van der Waals surface area (Å²) in [6.45, 7) is 3.87. The number of para-hydroxylation sites is 1. The molecule has 26 heavy (non-hydrogen) atoms. The molecular formula is C20H22N2O4. The van der Waals surface area contributed by atoms with Crippen LogP contribution in [-0.4, -0.2) is 49.7 Å². The van der Waals surface area contributed by atoms with Gasteiger partial charge in [-0.3, -0.25) is 9.69 Å². The molecule has 0 aliphatic carbocycles. The van der Waals surface area contributed by atoms with Crippen LogP contribution in [0.4, 0.5) is 5.69 Å². The van der Waals surface area contributed by atoms with Gasteiger partial charge in [0.05, 0.1) is 18.8 Å². The Morgan fingerprint density at radius 3 is 2.38 bits per heavy atom. The first-order valence-corrected chi connectivity index (χ1v) is 8.62. The van der Waals surface area contributed by atoms with Crippen molar-refractivity contribution in [3.63, 3.8) is 0 Å². The molecule has 1 amide bonds. The Balaban J connectivity index is 1.46. The molecule has 3 rings (SSSR count). The van der Waals surface area contributed by atoms with Crippen molar-refractivity contribution in [3.05, 3.63) is 65.7 Å². The van der Waals surface area contributed by atoms with Crippen molar-refractivity contribution >= 4 is 17.6 Å². The number of amides is 1. The number of rotatable bonds is 6. The Kier molecular flexibility index (Phi) is 6.35. The summed E-state index contributed by atoms with van der Waals surface area (Å²) < 4.78 is 10.4. The zero-order valence-electron chi connectivity index (χ0n) is 14.5. The number of carbonyl (C=O) groups is 2. The van der Waals surface area contributed by atoms with Gasteiger partial charge in [0.2, 0.25) is 0 Å². The molecule has 1 heterocycles. The molecular weight excluding hydrogens is 332 g/mol. The van der Waals surface area contributed by atoms with E-state index in [1.807, 2.05) is 30.3 Å². The second kappa shape index (κ2) is 9.12. The molecule has 0 radical (unpaired) electrons. The fourth-order valence-electron chi connectivity index (χ4n) is 2.70. The lowest BCUT2D eigenvalue weighted by Gasteiger charge is -2.26. The molecule has 1 fully saturated rings. The lowest BCUT2D eigenvalue weighted by Crippen LogP contribution is -2.35. The predicted octanol–water partition coefficient (Wildman–Crippen LogP) is 2.31. The van der Waals surface area contributed by atoms with E-state index in [2.05, 4.69) is 10.2 Å². The maximum Gasteiger partial charge on any atom is 0.338 e. The molecule has 1 N–H and O–H groups in total. The van der Waals surface area contributed by atoms with Crippen LogP contribution in [0.15, 0.2) is 54.6 Å². The van der Waals surface area contributed by atoms with Crippen molar-refractivity contribution in [3.8, 4) is 0 Å². The normalized spacial score (nSPS) is 14.6. The quantitative estimate of drug-likeness (QED) is 0.807. The number of nitrogens with one attached hydrogen (secondary N) is 1. The van der Waals surface area contributed by atoms with E-state index in [9.17, 15) is 9.59 Å². The number of hydrogen-bond donors (Lipinski definition) is 1. The van der Waals surface area contributed by atoms with Crippen LogP contribution in [-0.2, 0) is 20.8 Å². The molecule has 1 aliphatic heterocycles. The van der Waals surface area contributed by atoms with E-state index in [1.165, 1.54) is 0 Å². The molecule has 2 aromatic carbocycles. The van der Waals surface area contributed by atoms with E-state index in [1.54, 1.807) is 24.3 Å². The van der Waals surface area contributed by atoms with Crippen molar-refractivity contribution in [2.75, 3.05) is 38.2 Å². The summed E-state index contributed by atoms with van der Waals surface area (Å²) in [5, 5.41) is 2.67. The Morgan fingerprint density at radius 1 is 1.00 bits per heavy atom. The van der Waals surface area contributed by atoms with Crippen LogP contribution in [0.2, 0.25) is 0 Å². The predicted molar refractivity (Wildman–Crippen MR) is 97.9 cm³/mol. The van der Waals surface area contributed by atoms with Crippen LogP contribution in [0, 0.1) is 0 Å². The molecule has 0 aromatic heterocycles. The van der Waals surface area contributed by atoms with Gasteiger partial charge in [-0.05, 0) is 29.8 Å². The van der Waals surface area contributed by atoms with Crippen molar-refractivity contribution in [2.24, 2.45) is 0 Å². The number of morpholine rings is 1. The number of ether oxygens (including phenoxy) is 2. The molecule has 1 aliphatic rings. The fourth-order valence-corrected chi connectivity index (χ4v) is 2.70.